The predicted octanol–water partition coefficient (Wildman–Crippen LogP) is 0.979. The van der Waals surface area contributed by atoms with E-state index in [4.69, 9.17) is 10.3 Å². The summed E-state index contributed by atoms with van der Waals surface area (Å²) < 4.78 is 5.07. The molecule has 0 spiro atoms. The molecule has 0 atom stereocenters. The van der Waals surface area contributed by atoms with E-state index in [1.165, 1.54) is 45.2 Å². The minimum Gasteiger partial charge on any atom is -0.338 e. The Morgan fingerprint density at radius 2 is 1.95 bits per heavy atom. The molecule has 6 nitrogen and oxygen atoms in total. The summed E-state index contributed by atoms with van der Waals surface area (Å²) in [5.74, 6) is 1.29. The van der Waals surface area contributed by atoms with Crippen LogP contribution < -0.4 is 5.73 Å². The molecule has 2 N–H and O–H groups in total. The summed E-state index contributed by atoms with van der Waals surface area (Å²) in [5.41, 5.74) is 5.49. The maximum atomic E-state index is 5.49. The third-order valence-electron chi connectivity index (χ3n) is 4.51. The highest BCUT2D eigenvalue weighted by molar-refractivity contribution is 4.87. The Kier molecular flexibility index (Phi) is 4.65. The number of aromatic nitrogens is 2. The second-order valence-corrected chi connectivity index (χ2v) is 5.91. The first kappa shape index (κ1) is 14.0. The van der Waals surface area contributed by atoms with E-state index in [1.807, 2.05) is 0 Å². The van der Waals surface area contributed by atoms with Gasteiger partial charge in [0.25, 0.3) is 0 Å². The van der Waals surface area contributed by atoms with Crippen LogP contribution in [0.5, 0.6) is 0 Å². The van der Waals surface area contributed by atoms with E-state index in [2.05, 4.69) is 19.9 Å². The van der Waals surface area contributed by atoms with Crippen LogP contribution in [-0.4, -0.2) is 52.2 Å². The van der Waals surface area contributed by atoms with Crippen LogP contribution in [0.4, 0.5) is 0 Å². The monoisotopic (exact) mass is 279 g/mol. The molecule has 6 heteroatoms. The molecular formula is C14H25N5O. The Balaban J connectivity index is 1.51. The lowest BCUT2D eigenvalue weighted by molar-refractivity contribution is 0.197. The fourth-order valence-corrected chi connectivity index (χ4v) is 3.42. The zero-order valence-electron chi connectivity index (χ0n) is 12.1. The van der Waals surface area contributed by atoms with Gasteiger partial charge in [0.2, 0.25) is 5.89 Å². The highest BCUT2D eigenvalue weighted by atomic mass is 16.5. The average molecular weight is 279 g/mol. The first-order valence-electron chi connectivity index (χ1n) is 7.83. The Labute approximate surface area is 120 Å². The van der Waals surface area contributed by atoms with Gasteiger partial charge in [-0.3, -0.25) is 9.80 Å². The van der Waals surface area contributed by atoms with Crippen molar-refractivity contribution in [2.75, 3.05) is 26.2 Å². The highest BCUT2D eigenvalue weighted by Crippen LogP contribution is 2.24. The molecule has 3 rings (SSSR count). The first-order chi connectivity index (χ1) is 9.85. The van der Waals surface area contributed by atoms with Gasteiger partial charge < -0.3 is 10.3 Å². The van der Waals surface area contributed by atoms with Gasteiger partial charge in [-0.15, -0.1) is 0 Å². The molecule has 112 valence electrons. The minimum absolute atomic E-state index is 0.322. The van der Waals surface area contributed by atoms with E-state index < -0.39 is 0 Å². The fourth-order valence-electron chi connectivity index (χ4n) is 3.42. The van der Waals surface area contributed by atoms with Crippen LogP contribution in [0.1, 0.15) is 43.8 Å². The van der Waals surface area contributed by atoms with E-state index in [1.54, 1.807) is 0 Å². The van der Waals surface area contributed by atoms with Gasteiger partial charge in [-0.1, -0.05) is 18.0 Å². The molecular weight excluding hydrogens is 254 g/mol. The molecule has 2 heterocycles. The second kappa shape index (κ2) is 6.65. The van der Waals surface area contributed by atoms with Crippen molar-refractivity contribution < 1.29 is 4.52 Å². The van der Waals surface area contributed by atoms with E-state index in [0.29, 0.717) is 12.4 Å². The highest BCUT2D eigenvalue weighted by Gasteiger charge is 2.25. The van der Waals surface area contributed by atoms with Gasteiger partial charge in [0.15, 0.2) is 5.82 Å². The zero-order chi connectivity index (χ0) is 13.8. The van der Waals surface area contributed by atoms with Crippen molar-refractivity contribution in [3.8, 4) is 0 Å². The molecule has 1 aliphatic heterocycles. The standard InChI is InChI=1S/C14H25N5O/c15-10-14-16-13(17-20-14)11-18-6-3-7-19(9-8-18)12-4-1-2-5-12/h12H,1-11,15H2. The van der Waals surface area contributed by atoms with E-state index >= 15 is 0 Å². The molecule has 2 fully saturated rings. The lowest BCUT2D eigenvalue weighted by atomic mass is 10.2. The van der Waals surface area contributed by atoms with Gasteiger partial charge in [0, 0.05) is 19.1 Å². The van der Waals surface area contributed by atoms with Crippen LogP contribution in [0.3, 0.4) is 0 Å². The van der Waals surface area contributed by atoms with Crippen LogP contribution in [0, 0.1) is 0 Å². The molecule has 0 unspecified atom stereocenters. The number of rotatable bonds is 4. The van der Waals surface area contributed by atoms with Crippen molar-refractivity contribution in [2.24, 2.45) is 5.73 Å². The van der Waals surface area contributed by atoms with Crippen LogP contribution in [0.2, 0.25) is 0 Å². The summed E-state index contributed by atoms with van der Waals surface area (Å²) in [5, 5.41) is 3.99. The molecule has 20 heavy (non-hydrogen) atoms. The van der Waals surface area contributed by atoms with Crippen LogP contribution >= 0.6 is 0 Å². The molecule has 0 amide bonds. The molecule has 1 aromatic heterocycles. The number of nitrogens with two attached hydrogens (primary N) is 1. The topological polar surface area (TPSA) is 71.4 Å². The van der Waals surface area contributed by atoms with Crippen molar-refractivity contribution in [1.82, 2.24) is 19.9 Å². The van der Waals surface area contributed by atoms with Gasteiger partial charge in [0.05, 0.1) is 13.1 Å². The lowest BCUT2D eigenvalue weighted by Crippen LogP contribution is -2.36. The Hall–Kier alpha value is -0.980. The number of hydrogen-bond acceptors (Lipinski definition) is 6. The van der Waals surface area contributed by atoms with E-state index in [-0.39, 0.29) is 0 Å². The quantitative estimate of drug-likeness (QED) is 0.886. The van der Waals surface area contributed by atoms with Crippen molar-refractivity contribution in [3.05, 3.63) is 11.7 Å². The molecule has 1 aliphatic carbocycles. The summed E-state index contributed by atoms with van der Waals surface area (Å²) in [6.07, 6.45) is 6.85. The second-order valence-electron chi connectivity index (χ2n) is 5.91. The fraction of sp³-hybridized carbons (Fsp3) is 0.857. The van der Waals surface area contributed by atoms with Crippen LogP contribution in [0.15, 0.2) is 4.52 Å². The van der Waals surface area contributed by atoms with Crippen LogP contribution in [0.25, 0.3) is 0 Å². The zero-order valence-corrected chi connectivity index (χ0v) is 12.1. The maximum Gasteiger partial charge on any atom is 0.240 e. The third kappa shape index (κ3) is 3.37. The molecule has 0 aromatic carbocycles. The number of hydrogen-bond donors (Lipinski definition) is 1. The molecule has 1 saturated carbocycles. The van der Waals surface area contributed by atoms with E-state index in [9.17, 15) is 0 Å². The summed E-state index contributed by atoms with van der Waals surface area (Å²) in [7, 11) is 0. The number of nitrogens with zero attached hydrogens (tertiary/aromatic N) is 4. The first-order valence-corrected chi connectivity index (χ1v) is 7.83. The largest absolute Gasteiger partial charge is 0.338 e. The van der Waals surface area contributed by atoms with Crippen molar-refractivity contribution in [2.45, 2.75) is 51.2 Å². The summed E-state index contributed by atoms with van der Waals surface area (Å²) in [4.78, 5) is 9.41. The summed E-state index contributed by atoms with van der Waals surface area (Å²) >= 11 is 0. The molecule has 2 aliphatic rings. The third-order valence-corrected chi connectivity index (χ3v) is 4.51. The SMILES string of the molecule is NCc1nc(CN2CCCN(C3CCCC3)CC2)no1. The molecule has 0 radical (unpaired) electrons. The van der Waals surface area contributed by atoms with Crippen molar-refractivity contribution in [3.63, 3.8) is 0 Å². The Bertz CT molecular complexity index is 415. The summed E-state index contributed by atoms with van der Waals surface area (Å²) in [6.45, 7) is 5.73. The summed E-state index contributed by atoms with van der Waals surface area (Å²) in [6, 6.07) is 0.837. The lowest BCUT2D eigenvalue weighted by Gasteiger charge is -2.27. The molecule has 0 bridgehead atoms. The van der Waals surface area contributed by atoms with Gasteiger partial charge >= 0.3 is 0 Å². The smallest absolute Gasteiger partial charge is 0.240 e. The molecule has 1 aromatic rings. The van der Waals surface area contributed by atoms with Gasteiger partial charge in [0.1, 0.15) is 0 Å². The Morgan fingerprint density at radius 3 is 2.70 bits per heavy atom. The van der Waals surface area contributed by atoms with Crippen molar-refractivity contribution in [1.29, 1.82) is 0 Å². The predicted molar refractivity (Wildman–Crippen MR) is 75.9 cm³/mol. The normalized spacial score (nSPS) is 23.2. The van der Waals surface area contributed by atoms with Crippen LogP contribution in [-0.2, 0) is 13.1 Å². The maximum absolute atomic E-state index is 5.49. The van der Waals surface area contributed by atoms with E-state index in [0.717, 1.165) is 31.5 Å². The Morgan fingerprint density at radius 1 is 1.10 bits per heavy atom. The van der Waals surface area contributed by atoms with Crippen molar-refractivity contribution >= 4 is 0 Å². The average Bonchev–Trinajstić information content (AvgIpc) is 3.09. The van der Waals surface area contributed by atoms with Gasteiger partial charge in [-0.25, -0.2) is 0 Å². The van der Waals surface area contributed by atoms with Gasteiger partial charge in [-0.2, -0.15) is 4.98 Å². The molecule has 1 saturated heterocycles. The van der Waals surface area contributed by atoms with Gasteiger partial charge in [-0.05, 0) is 32.4 Å². The minimum atomic E-state index is 0.322.